The van der Waals surface area contributed by atoms with Crippen molar-refractivity contribution in [1.82, 2.24) is 25.1 Å². The second-order valence-corrected chi connectivity index (χ2v) is 3.77. The zero-order valence-corrected chi connectivity index (χ0v) is 10.0. The van der Waals surface area contributed by atoms with Crippen molar-refractivity contribution in [2.75, 3.05) is 6.54 Å². The fourth-order valence-electron chi connectivity index (χ4n) is 1.67. The SMILES string of the molecule is CCn1ncnc1CNCCc1ccncc1. The van der Waals surface area contributed by atoms with Crippen molar-refractivity contribution in [2.45, 2.75) is 26.4 Å². The highest BCUT2D eigenvalue weighted by atomic mass is 15.3. The fourth-order valence-corrected chi connectivity index (χ4v) is 1.67. The average Bonchev–Trinajstić information content (AvgIpc) is 2.83. The average molecular weight is 231 g/mol. The Balaban J connectivity index is 1.73. The van der Waals surface area contributed by atoms with Crippen molar-refractivity contribution in [2.24, 2.45) is 0 Å². The highest BCUT2D eigenvalue weighted by Crippen LogP contribution is 1.97. The lowest BCUT2D eigenvalue weighted by Crippen LogP contribution is -2.19. The predicted molar refractivity (Wildman–Crippen MR) is 65.3 cm³/mol. The quantitative estimate of drug-likeness (QED) is 0.754. The van der Waals surface area contributed by atoms with Crippen LogP contribution >= 0.6 is 0 Å². The zero-order chi connectivity index (χ0) is 11.9. The first-order valence-electron chi connectivity index (χ1n) is 5.86. The van der Waals surface area contributed by atoms with Crippen molar-refractivity contribution in [3.8, 4) is 0 Å². The summed E-state index contributed by atoms with van der Waals surface area (Å²) in [5.41, 5.74) is 1.30. The molecule has 0 bridgehead atoms. The van der Waals surface area contributed by atoms with Gasteiger partial charge in [-0.1, -0.05) is 0 Å². The molecule has 0 aliphatic heterocycles. The molecule has 5 nitrogen and oxygen atoms in total. The number of rotatable bonds is 6. The lowest BCUT2D eigenvalue weighted by molar-refractivity contribution is 0.573. The summed E-state index contributed by atoms with van der Waals surface area (Å²) in [6.07, 6.45) is 6.25. The molecule has 0 saturated heterocycles. The number of aromatic nitrogens is 4. The summed E-state index contributed by atoms with van der Waals surface area (Å²) >= 11 is 0. The number of hydrogen-bond acceptors (Lipinski definition) is 4. The Morgan fingerprint density at radius 2 is 2.12 bits per heavy atom. The number of nitrogens with one attached hydrogen (secondary N) is 1. The Hall–Kier alpha value is -1.75. The van der Waals surface area contributed by atoms with Crippen molar-refractivity contribution < 1.29 is 0 Å². The van der Waals surface area contributed by atoms with Gasteiger partial charge < -0.3 is 5.32 Å². The molecule has 0 aliphatic carbocycles. The number of pyridine rings is 1. The predicted octanol–water partition coefficient (Wildman–Crippen LogP) is 1.03. The molecule has 5 heteroatoms. The molecule has 0 unspecified atom stereocenters. The summed E-state index contributed by atoms with van der Waals surface area (Å²) in [5, 5.41) is 7.50. The molecule has 0 aromatic carbocycles. The molecular weight excluding hydrogens is 214 g/mol. The molecule has 1 N–H and O–H groups in total. The van der Waals surface area contributed by atoms with Crippen LogP contribution in [0.1, 0.15) is 18.3 Å². The van der Waals surface area contributed by atoms with E-state index in [1.165, 1.54) is 5.56 Å². The zero-order valence-electron chi connectivity index (χ0n) is 10.0. The maximum Gasteiger partial charge on any atom is 0.140 e. The van der Waals surface area contributed by atoms with Crippen LogP contribution in [0.3, 0.4) is 0 Å². The lowest BCUT2D eigenvalue weighted by Gasteiger charge is -2.05. The van der Waals surface area contributed by atoms with Gasteiger partial charge in [0.05, 0.1) is 6.54 Å². The smallest absolute Gasteiger partial charge is 0.140 e. The van der Waals surface area contributed by atoms with Crippen molar-refractivity contribution in [3.63, 3.8) is 0 Å². The summed E-state index contributed by atoms with van der Waals surface area (Å²) < 4.78 is 1.90. The van der Waals surface area contributed by atoms with E-state index in [1.54, 1.807) is 6.33 Å². The molecular formula is C12H17N5. The Labute approximate surface area is 101 Å². The molecule has 2 rings (SSSR count). The van der Waals surface area contributed by atoms with Gasteiger partial charge in [0.15, 0.2) is 0 Å². The topological polar surface area (TPSA) is 55.6 Å². The third-order valence-electron chi connectivity index (χ3n) is 2.62. The molecule has 0 aliphatic rings. The summed E-state index contributed by atoms with van der Waals surface area (Å²) in [6, 6.07) is 4.08. The van der Waals surface area contributed by atoms with Crippen LogP contribution in [-0.4, -0.2) is 26.3 Å². The molecule has 2 aromatic heterocycles. The number of hydrogen-bond donors (Lipinski definition) is 1. The second-order valence-electron chi connectivity index (χ2n) is 3.77. The molecule has 0 radical (unpaired) electrons. The first kappa shape index (κ1) is 11.7. The van der Waals surface area contributed by atoms with Gasteiger partial charge in [-0.15, -0.1) is 0 Å². The van der Waals surface area contributed by atoms with Crippen molar-refractivity contribution in [1.29, 1.82) is 0 Å². The molecule has 2 heterocycles. The summed E-state index contributed by atoms with van der Waals surface area (Å²) in [4.78, 5) is 8.21. The Morgan fingerprint density at radius 1 is 1.29 bits per heavy atom. The minimum atomic E-state index is 0.763. The minimum Gasteiger partial charge on any atom is -0.310 e. The third-order valence-corrected chi connectivity index (χ3v) is 2.62. The van der Waals surface area contributed by atoms with E-state index in [4.69, 9.17) is 0 Å². The molecule has 0 amide bonds. The van der Waals surface area contributed by atoms with Crippen molar-refractivity contribution >= 4 is 0 Å². The second kappa shape index (κ2) is 6.10. The van der Waals surface area contributed by atoms with E-state index in [1.807, 2.05) is 29.2 Å². The van der Waals surface area contributed by atoms with E-state index in [-0.39, 0.29) is 0 Å². The Morgan fingerprint density at radius 3 is 2.88 bits per heavy atom. The Bertz CT molecular complexity index is 437. The first-order chi connectivity index (χ1) is 8.40. The van der Waals surface area contributed by atoms with Crippen LogP contribution < -0.4 is 5.32 Å². The first-order valence-corrected chi connectivity index (χ1v) is 5.86. The van der Waals surface area contributed by atoms with Gasteiger partial charge in [0.2, 0.25) is 0 Å². The van der Waals surface area contributed by atoms with Crippen LogP contribution in [-0.2, 0) is 19.5 Å². The fraction of sp³-hybridized carbons (Fsp3) is 0.417. The van der Waals surface area contributed by atoms with Crippen LogP contribution in [0.15, 0.2) is 30.9 Å². The number of aryl methyl sites for hydroxylation is 1. The van der Waals surface area contributed by atoms with E-state index in [2.05, 4.69) is 27.3 Å². The van der Waals surface area contributed by atoms with Gasteiger partial charge in [0, 0.05) is 18.9 Å². The van der Waals surface area contributed by atoms with Crippen LogP contribution in [0, 0.1) is 0 Å². The summed E-state index contributed by atoms with van der Waals surface area (Å²) in [6.45, 7) is 4.62. The standard InChI is InChI=1S/C12H17N5/c1-2-17-12(15-10-16-17)9-14-8-5-11-3-6-13-7-4-11/h3-4,6-7,10,14H,2,5,8-9H2,1H3. The van der Waals surface area contributed by atoms with E-state index in [0.29, 0.717) is 0 Å². The van der Waals surface area contributed by atoms with Gasteiger partial charge in [-0.3, -0.25) is 4.98 Å². The minimum absolute atomic E-state index is 0.763. The van der Waals surface area contributed by atoms with E-state index in [9.17, 15) is 0 Å². The maximum atomic E-state index is 4.21. The normalized spacial score (nSPS) is 10.6. The summed E-state index contributed by atoms with van der Waals surface area (Å²) in [5.74, 6) is 0.988. The molecule has 0 saturated carbocycles. The largest absolute Gasteiger partial charge is 0.310 e. The molecule has 0 spiro atoms. The molecule has 90 valence electrons. The van der Waals surface area contributed by atoms with Crippen molar-refractivity contribution in [3.05, 3.63) is 42.2 Å². The molecule has 2 aromatic rings. The van der Waals surface area contributed by atoms with Crippen LogP contribution in [0.2, 0.25) is 0 Å². The highest BCUT2D eigenvalue weighted by Gasteiger charge is 2.01. The van der Waals surface area contributed by atoms with Gasteiger partial charge in [0.1, 0.15) is 12.2 Å². The molecule has 0 atom stereocenters. The summed E-state index contributed by atoms with van der Waals surface area (Å²) in [7, 11) is 0. The van der Waals surface area contributed by atoms with Gasteiger partial charge in [-0.2, -0.15) is 5.10 Å². The van der Waals surface area contributed by atoms with Crippen LogP contribution in [0.25, 0.3) is 0 Å². The van der Waals surface area contributed by atoms with Gasteiger partial charge in [-0.25, -0.2) is 9.67 Å². The van der Waals surface area contributed by atoms with Gasteiger partial charge >= 0.3 is 0 Å². The van der Waals surface area contributed by atoms with Gasteiger partial charge in [0.25, 0.3) is 0 Å². The highest BCUT2D eigenvalue weighted by molar-refractivity contribution is 5.09. The monoisotopic (exact) mass is 231 g/mol. The lowest BCUT2D eigenvalue weighted by atomic mass is 10.2. The third kappa shape index (κ3) is 3.35. The van der Waals surface area contributed by atoms with Gasteiger partial charge in [-0.05, 0) is 37.6 Å². The Kier molecular flexibility index (Phi) is 4.21. The van der Waals surface area contributed by atoms with E-state index >= 15 is 0 Å². The molecule has 17 heavy (non-hydrogen) atoms. The molecule has 0 fully saturated rings. The van der Waals surface area contributed by atoms with Crippen LogP contribution in [0.4, 0.5) is 0 Å². The maximum absolute atomic E-state index is 4.21. The van der Waals surface area contributed by atoms with Crippen LogP contribution in [0.5, 0.6) is 0 Å². The van der Waals surface area contributed by atoms with E-state index in [0.717, 1.165) is 31.9 Å². The van der Waals surface area contributed by atoms with E-state index < -0.39 is 0 Å². The number of nitrogens with zero attached hydrogens (tertiary/aromatic N) is 4.